The average Bonchev–Trinajstić information content (AvgIpc) is 2.36. The molecule has 5 heteroatoms. The van der Waals surface area contributed by atoms with E-state index < -0.39 is 17.5 Å². The first-order chi connectivity index (χ1) is 8.58. The largest absolute Gasteiger partial charge is 0.256 e. The second-order valence-corrected chi connectivity index (χ2v) is 3.87. The first-order valence-corrected chi connectivity index (χ1v) is 5.39. The number of rotatable bonds is 2. The first kappa shape index (κ1) is 12.6. The summed E-state index contributed by atoms with van der Waals surface area (Å²) in [5.41, 5.74) is 0.275. The third-order valence-corrected chi connectivity index (χ3v) is 2.63. The van der Waals surface area contributed by atoms with Crippen molar-refractivity contribution in [1.29, 1.82) is 0 Å². The molecule has 0 aliphatic rings. The van der Waals surface area contributed by atoms with Gasteiger partial charge in [0.1, 0.15) is 17.5 Å². The summed E-state index contributed by atoms with van der Waals surface area (Å²) < 4.78 is 39.2. The molecule has 0 unspecified atom stereocenters. The highest BCUT2D eigenvalue weighted by Gasteiger charge is 2.09. The maximum atomic E-state index is 13.4. The van der Waals surface area contributed by atoms with Crippen LogP contribution >= 0.6 is 11.6 Å². The second-order valence-electron chi connectivity index (χ2n) is 3.49. The topological polar surface area (TPSA) is 12.4 Å². The Hall–Kier alpha value is -1.81. The van der Waals surface area contributed by atoms with E-state index >= 15 is 0 Å². The van der Waals surface area contributed by atoms with Crippen molar-refractivity contribution in [2.24, 2.45) is 4.99 Å². The molecule has 0 fully saturated rings. The van der Waals surface area contributed by atoms with Gasteiger partial charge in [0.15, 0.2) is 0 Å². The van der Waals surface area contributed by atoms with Crippen molar-refractivity contribution in [1.82, 2.24) is 0 Å². The predicted molar refractivity (Wildman–Crippen MR) is 65.0 cm³/mol. The van der Waals surface area contributed by atoms with Gasteiger partial charge in [0.25, 0.3) is 0 Å². The Labute approximate surface area is 107 Å². The highest BCUT2D eigenvalue weighted by Crippen LogP contribution is 2.22. The third kappa shape index (κ3) is 2.71. The zero-order valence-electron chi connectivity index (χ0n) is 9.00. The van der Waals surface area contributed by atoms with Gasteiger partial charge in [-0.25, -0.2) is 13.2 Å². The monoisotopic (exact) mass is 269 g/mol. The smallest absolute Gasteiger partial charge is 0.142 e. The normalized spacial score (nSPS) is 11.1. The van der Waals surface area contributed by atoms with Gasteiger partial charge in [0.2, 0.25) is 0 Å². The summed E-state index contributed by atoms with van der Waals surface area (Å²) in [4.78, 5) is 3.90. The molecule has 1 nitrogen and oxygen atoms in total. The molecule has 0 heterocycles. The molecule has 92 valence electrons. The Bertz CT molecular complexity index is 594. The van der Waals surface area contributed by atoms with Gasteiger partial charge in [-0.05, 0) is 36.4 Å². The van der Waals surface area contributed by atoms with Gasteiger partial charge >= 0.3 is 0 Å². The average molecular weight is 270 g/mol. The molecular weight excluding hydrogens is 263 g/mol. The molecule has 2 rings (SSSR count). The van der Waals surface area contributed by atoms with Crippen LogP contribution in [0.4, 0.5) is 18.9 Å². The fraction of sp³-hybridized carbons (Fsp3) is 0. The van der Waals surface area contributed by atoms with Crippen LogP contribution in [0.3, 0.4) is 0 Å². The van der Waals surface area contributed by atoms with Crippen molar-refractivity contribution in [3.8, 4) is 0 Å². The van der Waals surface area contributed by atoms with Crippen LogP contribution in [-0.4, -0.2) is 6.21 Å². The summed E-state index contributed by atoms with van der Waals surface area (Å²) in [6, 6.07) is 7.17. The van der Waals surface area contributed by atoms with Gasteiger partial charge in [-0.15, -0.1) is 0 Å². The van der Waals surface area contributed by atoms with E-state index in [9.17, 15) is 13.2 Å². The van der Waals surface area contributed by atoms with E-state index in [0.29, 0.717) is 5.69 Å². The summed E-state index contributed by atoms with van der Waals surface area (Å²) >= 11 is 5.62. The van der Waals surface area contributed by atoms with Crippen molar-refractivity contribution < 1.29 is 13.2 Å². The number of halogens is 4. The Balaban J connectivity index is 2.34. The van der Waals surface area contributed by atoms with Gasteiger partial charge in [-0.1, -0.05) is 11.6 Å². The second kappa shape index (κ2) is 5.23. The summed E-state index contributed by atoms with van der Waals surface area (Å²) in [6.07, 6.45) is 1.11. The predicted octanol–water partition coefficient (Wildman–Crippen LogP) is 4.51. The maximum Gasteiger partial charge on any atom is 0.142 e. The lowest BCUT2D eigenvalue weighted by atomic mass is 10.2. The van der Waals surface area contributed by atoms with Crippen LogP contribution in [0.1, 0.15) is 5.56 Å². The lowest BCUT2D eigenvalue weighted by Gasteiger charge is -2.01. The van der Waals surface area contributed by atoms with Crippen molar-refractivity contribution >= 4 is 23.5 Å². The van der Waals surface area contributed by atoms with Crippen molar-refractivity contribution in [2.75, 3.05) is 0 Å². The van der Waals surface area contributed by atoms with E-state index in [1.165, 1.54) is 24.3 Å². The Morgan fingerprint density at radius 3 is 2.17 bits per heavy atom. The zero-order valence-corrected chi connectivity index (χ0v) is 9.76. The standard InChI is InChI=1S/C13H7ClF3N/c14-13-10(11(16)5-6-12(13)17)7-18-9-3-1-8(15)2-4-9/h1-7H/b18-7+. The summed E-state index contributed by atoms with van der Waals surface area (Å²) in [6.45, 7) is 0. The molecule has 2 aromatic carbocycles. The number of hydrogen-bond acceptors (Lipinski definition) is 1. The number of aliphatic imine (C=N–C) groups is 1. The number of nitrogens with zero attached hydrogens (tertiary/aromatic N) is 1. The SMILES string of the molecule is Fc1ccc(/N=C/c2c(F)ccc(F)c2Cl)cc1. The van der Waals surface area contributed by atoms with E-state index in [1.807, 2.05) is 0 Å². The van der Waals surface area contributed by atoms with Crippen LogP contribution in [0.5, 0.6) is 0 Å². The first-order valence-electron chi connectivity index (χ1n) is 5.01. The quantitative estimate of drug-likeness (QED) is 0.562. The molecule has 0 N–H and O–H groups in total. The Morgan fingerprint density at radius 1 is 0.889 bits per heavy atom. The van der Waals surface area contributed by atoms with Gasteiger partial charge in [-0.3, -0.25) is 4.99 Å². The molecular formula is C13H7ClF3N. The number of benzene rings is 2. The van der Waals surface area contributed by atoms with Gasteiger partial charge in [0, 0.05) is 6.21 Å². The Kier molecular flexibility index (Phi) is 3.67. The molecule has 0 atom stereocenters. The van der Waals surface area contributed by atoms with Gasteiger partial charge < -0.3 is 0 Å². The van der Waals surface area contributed by atoms with Crippen LogP contribution < -0.4 is 0 Å². The number of hydrogen-bond donors (Lipinski definition) is 0. The fourth-order valence-corrected chi connectivity index (χ4v) is 1.53. The minimum absolute atomic E-state index is 0.138. The van der Waals surface area contributed by atoms with Crippen LogP contribution in [-0.2, 0) is 0 Å². The fourth-order valence-electron chi connectivity index (χ4n) is 1.33. The van der Waals surface area contributed by atoms with E-state index in [1.54, 1.807) is 0 Å². The van der Waals surface area contributed by atoms with Gasteiger partial charge in [-0.2, -0.15) is 0 Å². The molecule has 0 aromatic heterocycles. The molecule has 0 aliphatic carbocycles. The molecule has 0 aliphatic heterocycles. The molecule has 0 radical (unpaired) electrons. The Morgan fingerprint density at radius 2 is 1.50 bits per heavy atom. The minimum atomic E-state index is -0.723. The molecule has 0 bridgehead atoms. The van der Waals surface area contributed by atoms with E-state index in [0.717, 1.165) is 18.3 Å². The van der Waals surface area contributed by atoms with Crippen LogP contribution in [0, 0.1) is 17.5 Å². The van der Waals surface area contributed by atoms with Crippen LogP contribution in [0.15, 0.2) is 41.4 Å². The maximum absolute atomic E-state index is 13.4. The highest BCUT2D eigenvalue weighted by molar-refractivity contribution is 6.33. The molecule has 0 saturated heterocycles. The zero-order chi connectivity index (χ0) is 13.1. The third-order valence-electron chi connectivity index (χ3n) is 2.25. The molecule has 0 spiro atoms. The van der Waals surface area contributed by atoms with Gasteiger partial charge in [0.05, 0.1) is 16.3 Å². The van der Waals surface area contributed by atoms with E-state index in [4.69, 9.17) is 11.6 Å². The summed E-state index contributed by atoms with van der Waals surface area (Å²) in [5, 5.41) is -0.333. The summed E-state index contributed by atoms with van der Waals surface area (Å²) in [7, 11) is 0. The van der Waals surface area contributed by atoms with Crippen molar-refractivity contribution in [3.05, 3.63) is 64.4 Å². The molecule has 0 amide bonds. The lowest BCUT2D eigenvalue weighted by molar-refractivity contribution is 0.599. The van der Waals surface area contributed by atoms with Crippen molar-refractivity contribution in [2.45, 2.75) is 0 Å². The van der Waals surface area contributed by atoms with Crippen molar-refractivity contribution in [3.63, 3.8) is 0 Å². The lowest BCUT2D eigenvalue weighted by Crippen LogP contribution is -1.92. The molecule has 0 saturated carbocycles. The van der Waals surface area contributed by atoms with Crippen LogP contribution in [0.2, 0.25) is 5.02 Å². The van der Waals surface area contributed by atoms with E-state index in [-0.39, 0.29) is 10.6 Å². The highest BCUT2D eigenvalue weighted by atomic mass is 35.5. The molecule has 18 heavy (non-hydrogen) atoms. The van der Waals surface area contributed by atoms with E-state index in [2.05, 4.69) is 4.99 Å². The molecule has 2 aromatic rings. The summed E-state index contributed by atoms with van der Waals surface area (Å²) in [5.74, 6) is -1.80. The minimum Gasteiger partial charge on any atom is -0.256 e. The van der Waals surface area contributed by atoms with Crippen LogP contribution in [0.25, 0.3) is 0 Å².